The van der Waals surface area contributed by atoms with Gasteiger partial charge in [0.15, 0.2) is 10.9 Å². The molecule has 2 rings (SSSR count). The van der Waals surface area contributed by atoms with Crippen molar-refractivity contribution in [2.45, 2.75) is 6.42 Å². The van der Waals surface area contributed by atoms with Crippen LogP contribution in [0.2, 0.25) is 0 Å². The van der Waals surface area contributed by atoms with Crippen LogP contribution >= 0.6 is 28.1 Å². The normalized spacial score (nSPS) is 10.0. The Balaban J connectivity index is 1.80. The first-order valence-corrected chi connectivity index (χ1v) is 7.54. The first-order valence-electron chi connectivity index (χ1n) is 6.34. The number of hydrogen-bond acceptors (Lipinski definition) is 4. The Labute approximate surface area is 137 Å². The topological polar surface area (TPSA) is 59.1 Å². The van der Waals surface area contributed by atoms with E-state index in [1.165, 1.54) is 5.56 Å². The van der Waals surface area contributed by atoms with E-state index >= 15 is 0 Å². The van der Waals surface area contributed by atoms with Crippen LogP contribution in [0.4, 0.5) is 5.82 Å². The molecule has 110 valence electrons. The zero-order valence-electron chi connectivity index (χ0n) is 11.5. The molecule has 1 aromatic heterocycles. The highest BCUT2D eigenvalue weighted by Gasteiger charge is 2.03. The fourth-order valence-corrected chi connectivity index (χ4v) is 2.20. The van der Waals surface area contributed by atoms with Gasteiger partial charge in [-0.05, 0) is 58.3 Å². The number of benzene rings is 1. The van der Waals surface area contributed by atoms with Crippen molar-refractivity contribution in [3.05, 3.63) is 46.6 Å². The summed E-state index contributed by atoms with van der Waals surface area (Å²) in [6.45, 7) is 0.719. The van der Waals surface area contributed by atoms with Crippen molar-refractivity contribution in [3.8, 4) is 5.75 Å². The number of ether oxygens (including phenoxy) is 1. The second kappa shape index (κ2) is 7.90. The second-order valence-electron chi connectivity index (χ2n) is 4.21. The van der Waals surface area contributed by atoms with Crippen molar-refractivity contribution < 1.29 is 4.74 Å². The lowest BCUT2D eigenvalue weighted by Gasteiger charge is -2.10. The highest BCUT2D eigenvalue weighted by Crippen LogP contribution is 2.17. The molecule has 0 saturated carbocycles. The summed E-state index contributed by atoms with van der Waals surface area (Å²) in [5.41, 5.74) is 1.19. The fraction of sp³-hybridized carbons (Fsp3) is 0.214. The number of nitrogens with one attached hydrogen (secondary N) is 2. The smallest absolute Gasteiger partial charge is 0.172 e. The van der Waals surface area contributed by atoms with Crippen LogP contribution in [-0.4, -0.2) is 29.0 Å². The van der Waals surface area contributed by atoms with Gasteiger partial charge in [-0.25, -0.2) is 0 Å². The van der Waals surface area contributed by atoms with Gasteiger partial charge in [0.1, 0.15) is 5.75 Å². The van der Waals surface area contributed by atoms with Gasteiger partial charge in [-0.15, -0.1) is 5.10 Å². The third kappa shape index (κ3) is 4.95. The molecule has 0 spiro atoms. The van der Waals surface area contributed by atoms with E-state index in [0.29, 0.717) is 10.9 Å². The molecule has 0 radical (unpaired) electrons. The summed E-state index contributed by atoms with van der Waals surface area (Å²) >= 11 is 8.60. The average Bonchev–Trinajstić information content (AvgIpc) is 2.50. The summed E-state index contributed by atoms with van der Waals surface area (Å²) in [5.74, 6) is 1.45. The molecule has 0 bridgehead atoms. The maximum absolute atomic E-state index is 5.22. The van der Waals surface area contributed by atoms with Gasteiger partial charge in [0.2, 0.25) is 0 Å². The zero-order chi connectivity index (χ0) is 15.1. The molecule has 0 atom stereocenters. The standard InChI is InChI=1S/C14H15BrN4OS/c1-20-11-4-2-3-10(9-11)5-7-16-14(21)18-13-12(15)6-8-17-19-13/h2-4,6,8-9H,5,7H2,1H3,(H2,16,18,19,21). The van der Waals surface area contributed by atoms with Crippen LogP contribution < -0.4 is 15.4 Å². The Morgan fingerprint density at radius 3 is 3.00 bits per heavy atom. The Morgan fingerprint density at radius 2 is 2.24 bits per heavy atom. The van der Waals surface area contributed by atoms with Crippen LogP contribution in [0.1, 0.15) is 5.56 Å². The van der Waals surface area contributed by atoms with E-state index in [1.54, 1.807) is 19.4 Å². The second-order valence-corrected chi connectivity index (χ2v) is 5.47. The maximum Gasteiger partial charge on any atom is 0.172 e. The summed E-state index contributed by atoms with van der Waals surface area (Å²) < 4.78 is 6.01. The molecule has 1 aromatic carbocycles. The zero-order valence-corrected chi connectivity index (χ0v) is 13.9. The maximum atomic E-state index is 5.22. The van der Waals surface area contributed by atoms with Gasteiger partial charge in [-0.3, -0.25) is 0 Å². The number of methoxy groups -OCH3 is 1. The number of anilines is 1. The number of thiocarbonyl (C=S) groups is 1. The van der Waals surface area contributed by atoms with Crippen LogP contribution in [0, 0.1) is 0 Å². The van der Waals surface area contributed by atoms with E-state index in [-0.39, 0.29) is 0 Å². The Morgan fingerprint density at radius 1 is 1.38 bits per heavy atom. The van der Waals surface area contributed by atoms with E-state index in [0.717, 1.165) is 23.2 Å². The summed E-state index contributed by atoms with van der Waals surface area (Å²) in [5, 5.41) is 14.4. The number of halogens is 1. The molecule has 1 heterocycles. The SMILES string of the molecule is COc1cccc(CCNC(=S)Nc2nnccc2Br)c1. The van der Waals surface area contributed by atoms with E-state index in [2.05, 4.69) is 42.8 Å². The lowest BCUT2D eigenvalue weighted by Crippen LogP contribution is -2.30. The van der Waals surface area contributed by atoms with E-state index < -0.39 is 0 Å². The minimum absolute atomic E-state index is 0.513. The van der Waals surface area contributed by atoms with Gasteiger partial charge in [0.25, 0.3) is 0 Å². The molecule has 7 heteroatoms. The third-order valence-corrected chi connectivity index (χ3v) is 3.62. The number of rotatable bonds is 5. The van der Waals surface area contributed by atoms with Gasteiger partial charge >= 0.3 is 0 Å². The molecule has 0 saturated heterocycles. The molecule has 0 amide bonds. The van der Waals surface area contributed by atoms with E-state index in [4.69, 9.17) is 17.0 Å². The average molecular weight is 367 g/mol. The predicted molar refractivity (Wildman–Crippen MR) is 90.7 cm³/mol. The molecule has 0 aliphatic carbocycles. The van der Waals surface area contributed by atoms with Crippen molar-refractivity contribution in [1.29, 1.82) is 0 Å². The van der Waals surface area contributed by atoms with Crippen molar-refractivity contribution in [2.75, 3.05) is 19.0 Å². The van der Waals surface area contributed by atoms with Crippen LogP contribution in [0.15, 0.2) is 41.0 Å². The molecule has 0 aliphatic heterocycles. The van der Waals surface area contributed by atoms with Crippen molar-refractivity contribution in [2.24, 2.45) is 0 Å². The third-order valence-electron chi connectivity index (χ3n) is 2.74. The molecule has 0 fully saturated rings. The van der Waals surface area contributed by atoms with E-state index in [1.807, 2.05) is 18.2 Å². The van der Waals surface area contributed by atoms with Gasteiger partial charge in [-0.1, -0.05) is 12.1 Å². The van der Waals surface area contributed by atoms with E-state index in [9.17, 15) is 0 Å². The molecular weight excluding hydrogens is 352 g/mol. The highest BCUT2D eigenvalue weighted by molar-refractivity contribution is 9.10. The molecular formula is C14H15BrN4OS. The molecule has 5 nitrogen and oxygen atoms in total. The lowest BCUT2D eigenvalue weighted by molar-refractivity contribution is 0.414. The summed E-state index contributed by atoms with van der Waals surface area (Å²) in [7, 11) is 1.66. The quantitative estimate of drug-likeness (QED) is 0.793. The lowest BCUT2D eigenvalue weighted by atomic mass is 10.1. The first kappa shape index (κ1) is 15.7. The molecule has 0 unspecified atom stereocenters. The summed E-state index contributed by atoms with van der Waals surface area (Å²) in [6, 6.07) is 9.77. The molecule has 21 heavy (non-hydrogen) atoms. The monoisotopic (exact) mass is 366 g/mol. The predicted octanol–water partition coefficient (Wildman–Crippen LogP) is 2.78. The van der Waals surface area contributed by atoms with Crippen molar-refractivity contribution in [3.63, 3.8) is 0 Å². The Bertz CT molecular complexity index is 623. The largest absolute Gasteiger partial charge is 0.497 e. The number of hydrogen-bond donors (Lipinski definition) is 2. The van der Waals surface area contributed by atoms with Crippen LogP contribution in [-0.2, 0) is 6.42 Å². The van der Waals surface area contributed by atoms with Crippen LogP contribution in [0.3, 0.4) is 0 Å². The molecule has 0 aliphatic rings. The highest BCUT2D eigenvalue weighted by atomic mass is 79.9. The van der Waals surface area contributed by atoms with Gasteiger partial charge in [0, 0.05) is 6.54 Å². The molecule has 2 N–H and O–H groups in total. The number of aromatic nitrogens is 2. The Hall–Kier alpha value is -1.73. The fourth-order valence-electron chi connectivity index (χ4n) is 1.70. The van der Waals surface area contributed by atoms with Gasteiger partial charge in [-0.2, -0.15) is 5.10 Å². The number of nitrogens with zero attached hydrogens (tertiary/aromatic N) is 2. The van der Waals surface area contributed by atoms with Crippen LogP contribution in [0.25, 0.3) is 0 Å². The van der Waals surface area contributed by atoms with Gasteiger partial charge in [0.05, 0.1) is 17.8 Å². The minimum atomic E-state index is 0.513. The summed E-state index contributed by atoms with van der Waals surface area (Å²) in [6.07, 6.45) is 2.45. The summed E-state index contributed by atoms with van der Waals surface area (Å²) in [4.78, 5) is 0. The Kier molecular flexibility index (Phi) is 5.89. The van der Waals surface area contributed by atoms with Crippen molar-refractivity contribution in [1.82, 2.24) is 15.5 Å². The van der Waals surface area contributed by atoms with Crippen molar-refractivity contribution >= 4 is 39.1 Å². The minimum Gasteiger partial charge on any atom is -0.497 e. The van der Waals surface area contributed by atoms with Crippen LogP contribution in [0.5, 0.6) is 5.75 Å². The van der Waals surface area contributed by atoms with Gasteiger partial charge < -0.3 is 15.4 Å². The first-order chi connectivity index (χ1) is 10.2. The molecule has 2 aromatic rings.